The molecule has 1 atom stereocenters. The van der Waals surface area contributed by atoms with Crippen LogP contribution in [-0.2, 0) is 9.84 Å². The van der Waals surface area contributed by atoms with E-state index in [0.29, 0.717) is 5.92 Å². The van der Waals surface area contributed by atoms with Gasteiger partial charge in [0.25, 0.3) is 0 Å². The molecule has 1 aliphatic heterocycles. The Morgan fingerprint density at radius 3 is 2.05 bits per heavy atom. The molecule has 1 fully saturated rings. The normalized spacial score (nSPS) is 19.4. The van der Waals surface area contributed by atoms with Gasteiger partial charge in [0.05, 0.1) is 9.79 Å². The lowest BCUT2D eigenvalue weighted by atomic mass is 9.99. The molecule has 4 nitrogen and oxygen atoms in total. The first-order valence-corrected chi connectivity index (χ1v) is 8.78. The first-order chi connectivity index (χ1) is 10.5. The summed E-state index contributed by atoms with van der Waals surface area (Å²) in [4.78, 5) is 2.76. The maximum atomic E-state index is 12.5. The highest BCUT2D eigenvalue weighted by Crippen LogP contribution is 2.28. The SMILES string of the molecule is CN1CC[C@@H](c2ccc(S(=O)(=O)c3ccc(O)cc3)cc2)C1. The fraction of sp³-hybridized carbons (Fsp3) is 0.294. The predicted molar refractivity (Wildman–Crippen MR) is 84.9 cm³/mol. The molecule has 1 aliphatic rings. The topological polar surface area (TPSA) is 57.6 Å². The quantitative estimate of drug-likeness (QED) is 0.945. The summed E-state index contributed by atoms with van der Waals surface area (Å²) in [7, 11) is -1.43. The summed E-state index contributed by atoms with van der Waals surface area (Å²) >= 11 is 0. The fourth-order valence-electron chi connectivity index (χ4n) is 2.89. The van der Waals surface area contributed by atoms with Gasteiger partial charge in [0, 0.05) is 6.54 Å². The average Bonchev–Trinajstić information content (AvgIpc) is 2.94. The Morgan fingerprint density at radius 1 is 1.00 bits per heavy atom. The van der Waals surface area contributed by atoms with Crippen LogP contribution in [-0.4, -0.2) is 38.6 Å². The molecule has 0 aromatic heterocycles. The number of phenols is 1. The number of phenolic OH excluding ortho intramolecular Hbond substituents is 1. The third-order valence-electron chi connectivity index (χ3n) is 4.20. The number of benzene rings is 2. The molecule has 0 amide bonds. The van der Waals surface area contributed by atoms with Crippen LogP contribution in [0.5, 0.6) is 5.75 Å². The van der Waals surface area contributed by atoms with Gasteiger partial charge in [-0.05, 0) is 67.9 Å². The van der Waals surface area contributed by atoms with Gasteiger partial charge in [-0.2, -0.15) is 0 Å². The zero-order valence-corrected chi connectivity index (χ0v) is 13.3. The monoisotopic (exact) mass is 317 g/mol. The Balaban J connectivity index is 1.87. The van der Waals surface area contributed by atoms with Gasteiger partial charge in [0.15, 0.2) is 0 Å². The predicted octanol–water partition coefficient (Wildman–Crippen LogP) is 2.64. The van der Waals surface area contributed by atoms with E-state index < -0.39 is 9.84 Å². The van der Waals surface area contributed by atoms with Crippen LogP contribution < -0.4 is 0 Å². The molecule has 0 radical (unpaired) electrons. The Bertz CT molecular complexity index is 751. The Hall–Kier alpha value is -1.85. The molecule has 0 saturated carbocycles. The first-order valence-electron chi connectivity index (χ1n) is 7.29. The van der Waals surface area contributed by atoms with Crippen LogP contribution in [0.2, 0.25) is 0 Å². The highest BCUT2D eigenvalue weighted by atomic mass is 32.2. The summed E-state index contributed by atoms with van der Waals surface area (Å²) in [6, 6.07) is 12.8. The van der Waals surface area contributed by atoms with Crippen LogP contribution in [0.1, 0.15) is 17.9 Å². The van der Waals surface area contributed by atoms with Crippen molar-refractivity contribution < 1.29 is 13.5 Å². The van der Waals surface area contributed by atoms with Gasteiger partial charge in [-0.3, -0.25) is 0 Å². The molecule has 2 aromatic carbocycles. The van der Waals surface area contributed by atoms with Crippen molar-refractivity contribution in [3.8, 4) is 5.75 Å². The molecule has 3 rings (SSSR count). The fourth-order valence-corrected chi connectivity index (χ4v) is 4.15. The second kappa shape index (κ2) is 5.74. The van der Waals surface area contributed by atoms with Gasteiger partial charge in [-0.25, -0.2) is 8.42 Å². The van der Waals surface area contributed by atoms with Crippen molar-refractivity contribution in [3.05, 3.63) is 54.1 Å². The highest BCUT2D eigenvalue weighted by Gasteiger charge is 2.22. The minimum absolute atomic E-state index is 0.0552. The minimum Gasteiger partial charge on any atom is -0.508 e. The molecule has 0 unspecified atom stereocenters. The van der Waals surface area contributed by atoms with Gasteiger partial charge in [-0.1, -0.05) is 12.1 Å². The van der Waals surface area contributed by atoms with Gasteiger partial charge < -0.3 is 10.0 Å². The molecule has 1 saturated heterocycles. The van der Waals surface area contributed by atoms with Crippen molar-refractivity contribution in [2.75, 3.05) is 20.1 Å². The lowest BCUT2D eigenvalue weighted by molar-refractivity contribution is 0.411. The summed E-state index contributed by atoms with van der Waals surface area (Å²) in [5.74, 6) is 0.537. The number of likely N-dealkylation sites (N-methyl/N-ethyl adjacent to an activating group) is 1. The summed E-state index contributed by atoms with van der Waals surface area (Å²) in [6.07, 6.45) is 1.11. The minimum atomic E-state index is -3.53. The van der Waals surface area contributed by atoms with E-state index in [9.17, 15) is 13.5 Å². The summed E-state index contributed by atoms with van der Waals surface area (Å²) in [6.45, 7) is 2.10. The Kier molecular flexibility index (Phi) is 3.93. The summed E-state index contributed by atoms with van der Waals surface area (Å²) in [5, 5.41) is 9.27. The second-order valence-corrected chi connectivity index (χ2v) is 7.76. The Labute approximate surface area is 130 Å². The smallest absolute Gasteiger partial charge is 0.206 e. The lowest BCUT2D eigenvalue weighted by Gasteiger charge is -2.12. The molecule has 0 bridgehead atoms. The largest absolute Gasteiger partial charge is 0.508 e. The first kappa shape index (κ1) is 15.1. The summed E-state index contributed by atoms with van der Waals surface area (Å²) < 4.78 is 25.1. The van der Waals surface area contributed by atoms with Crippen molar-refractivity contribution in [2.45, 2.75) is 22.1 Å². The molecule has 1 heterocycles. The average molecular weight is 317 g/mol. The molecule has 1 N–H and O–H groups in total. The van der Waals surface area contributed by atoms with Crippen molar-refractivity contribution >= 4 is 9.84 Å². The lowest BCUT2D eigenvalue weighted by Crippen LogP contribution is -2.13. The number of sulfone groups is 1. The molecular weight excluding hydrogens is 298 g/mol. The van der Waals surface area contributed by atoms with E-state index in [1.54, 1.807) is 12.1 Å². The van der Waals surface area contributed by atoms with Gasteiger partial charge in [-0.15, -0.1) is 0 Å². The zero-order chi connectivity index (χ0) is 15.7. The molecular formula is C17H19NO3S. The van der Waals surface area contributed by atoms with Crippen LogP contribution in [0.25, 0.3) is 0 Å². The maximum absolute atomic E-state index is 12.5. The van der Waals surface area contributed by atoms with E-state index in [2.05, 4.69) is 11.9 Å². The zero-order valence-electron chi connectivity index (χ0n) is 12.4. The van der Waals surface area contributed by atoms with Crippen molar-refractivity contribution in [1.82, 2.24) is 4.90 Å². The highest BCUT2D eigenvalue weighted by molar-refractivity contribution is 7.91. The van der Waals surface area contributed by atoms with Crippen LogP contribution in [0.3, 0.4) is 0 Å². The number of hydrogen-bond acceptors (Lipinski definition) is 4. The molecule has 116 valence electrons. The molecule has 0 aliphatic carbocycles. The van der Waals surface area contributed by atoms with E-state index in [-0.39, 0.29) is 15.5 Å². The number of aromatic hydroxyl groups is 1. The van der Waals surface area contributed by atoms with E-state index in [1.165, 1.54) is 29.8 Å². The number of likely N-dealkylation sites (tertiary alicyclic amines) is 1. The third-order valence-corrected chi connectivity index (χ3v) is 5.99. The molecule has 5 heteroatoms. The van der Waals surface area contributed by atoms with Gasteiger partial charge in [0.1, 0.15) is 5.75 Å². The van der Waals surface area contributed by atoms with Crippen molar-refractivity contribution in [2.24, 2.45) is 0 Å². The number of nitrogens with zero attached hydrogens (tertiary/aromatic N) is 1. The van der Waals surface area contributed by atoms with E-state index >= 15 is 0 Å². The van der Waals surface area contributed by atoms with Crippen LogP contribution in [0, 0.1) is 0 Å². The van der Waals surface area contributed by atoms with Crippen molar-refractivity contribution in [1.29, 1.82) is 0 Å². The van der Waals surface area contributed by atoms with Crippen LogP contribution >= 0.6 is 0 Å². The van der Waals surface area contributed by atoms with E-state index in [4.69, 9.17) is 0 Å². The van der Waals surface area contributed by atoms with Crippen LogP contribution in [0.4, 0.5) is 0 Å². The summed E-state index contributed by atoms with van der Waals surface area (Å²) in [5.41, 5.74) is 1.19. The van der Waals surface area contributed by atoms with Gasteiger partial charge in [0.2, 0.25) is 9.84 Å². The Morgan fingerprint density at radius 2 is 1.55 bits per heavy atom. The standard InChI is InChI=1S/C17H19NO3S/c1-18-11-10-14(12-18)13-2-6-16(7-3-13)22(20,21)17-8-4-15(19)5-9-17/h2-9,14,19H,10-12H2,1H3/t14-/m1/s1. The van der Waals surface area contributed by atoms with Crippen LogP contribution in [0.15, 0.2) is 58.3 Å². The maximum Gasteiger partial charge on any atom is 0.206 e. The molecule has 22 heavy (non-hydrogen) atoms. The number of hydrogen-bond donors (Lipinski definition) is 1. The second-order valence-electron chi connectivity index (χ2n) is 5.81. The molecule has 0 spiro atoms. The molecule has 2 aromatic rings. The number of rotatable bonds is 3. The van der Waals surface area contributed by atoms with Gasteiger partial charge >= 0.3 is 0 Å². The van der Waals surface area contributed by atoms with E-state index in [1.807, 2.05) is 12.1 Å². The van der Waals surface area contributed by atoms with E-state index in [0.717, 1.165) is 19.5 Å². The van der Waals surface area contributed by atoms with Crippen molar-refractivity contribution in [3.63, 3.8) is 0 Å². The third kappa shape index (κ3) is 2.87.